The normalized spacial score (nSPS) is 18.2. The number of aryl methyl sites for hydroxylation is 1. The molecule has 0 amide bonds. The molecule has 0 radical (unpaired) electrons. The topological polar surface area (TPSA) is 22.0 Å². The minimum atomic E-state index is -4.77. The number of fused-ring (bicyclic) bond motifs is 1. The third kappa shape index (κ3) is 2.54. The number of rotatable bonds is 1. The Hall–Kier alpha value is -2.18. The fourth-order valence-electron chi connectivity index (χ4n) is 2.84. The minimum absolute atomic E-state index is 0.00867. The lowest BCUT2D eigenvalue weighted by molar-refractivity contribution is -0.137. The van der Waals surface area contributed by atoms with E-state index in [1.54, 1.807) is 0 Å². The predicted octanol–water partition coefficient (Wildman–Crippen LogP) is 4.41. The molecule has 122 valence electrons. The Morgan fingerprint density at radius 2 is 1.96 bits per heavy atom. The van der Waals surface area contributed by atoms with E-state index in [1.807, 2.05) is 0 Å². The summed E-state index contributed by atoms with van der Waals surface area (Å²) >= 11 is 0. The van der Waals surface area contributed by atoms with E-state index in [1.165, 1.54) is 23.6 Å². The maximum absolute atomic E-state index is 13.6. The molecule has 1 atom stereocenters. The summed E-state index contributed by atoms with van der Waals surface area (Å²) in [6, 6.07) is 3.86. The van der Waals surface area contributed by atoms with Gasteiger partial charge in [0, 0.05) is 17.6 Å². The van der Waals surface area contributed by atoms with E-state index in [4.69, 9.17) is 0 Å². The average Bonchev–Trinajstić information content (AvgIpc) is 2.86. The molecule has 0 aliphatic heterocycles. The molecular formula is C16H12F5NO. The third-order valence-corrected chi connectivity index (χ3v) is 4.00. The smallest absolute Gasteiger partial charge is 0.320 e. The quantitative estimate of drug-likeness (QED) is 0.710. The van der Waals surface area contributed by atoms with Crippen molar-refractivity contribution in [3.63, 3.8) is 0 Å². The molecule has 0 fully saturated rings. The van der Waals surface area contributed by atoms with Crippen molar-refractivity contribution in [2.24, 2.45) is 0 Å². The van der Waals surface area contributed by atoms with Crippen LogP contribution in [0.2, 0.25) is 0 Å². The molecule has 1 aliphatic carbocycles. The predicted molar refractivity (Wildman–Crippen MR) is 73.0 cm³/mol. The van der Waals surface area contributed by atoms with Crippen LogP contribution in [0.1, 0.15) is 33.6 Å². The van der Waals surface area contributed by atoms with E-state index < -0.39 is 35.1 Å². The number of nitrogens with zero attached hydrogens (tertiary/aromatic N) is 1. The van der Waals surface area contributed by atoms with Crippen molar-refractivity contribution in [3.05, 3.63) is 52.6 Å². The van der Waals surface area contributed by atoms with Gasteiger partial charge in [-0.2, -0.15) is 13.2 Å². The van der Waals surface area contributed by atoms with Crippen LogP contribution < -0.4 is 0 Å². The van der Waals surface area contributed by atoms with Crippen LogP contribution in [0, 0.1) is 12.7 Å². The van der Waals surface area contributed by atoms with E-state index in [2.05, 4.69) is 0 Å². The molecular weight excluding hydrogens is 317 g/mol. The van der Waals surface area contributed by atoms with Crippen LogP contribution in [0.5, 0.6) is 0 Å². The van der Waals surface area contributed by atoms with Gasteiger partial charge < -0.3 is 4.57 Å². The lowest BCUT2D eigenvalue weighted by Gasteiger charge is -2.18. The monoisotopic (exact) mass is 329 g/mol. The maximum Gasteiger partial charge on any atom is 0.418 e. The van der Waals surface area contributed by atoms with Crippen molar-refractivity contribution in [1.29, 1.82) is 0 Å². The minimum Gasteiger partial charge on any atom is -0.320 e. The summed E-state index contributed by atoms with van der Waals surface area (Å²) in [6.45, 7) is 1.49. The van der Waals surface area contributed by atoms with Gasteiger partial charge in [0.1, 0.15) is 5.82 Å². The molecule has 1 aromatic heterocycles. The van der Waals surface area contributed by atoms with Crippen LogP contribution in [0.15, 0.2) is 24.4 Å². The van der Waals surface area contributed by atoms with Crippen LogP contribution in [0.4, 0.5) is 22.0 Å². The summed E-state index contributed by atoms with van der Waals surface area (Å²) in [5.41, 5.74) is -1.08. The standard InChI is InChI=1S/C16H12F5NO/c1-8-6-9(2-3-11(8)17)22-7-10(16(19,20)21)14-13(22)5-4-12(18)15(14)23/h2-3,6-7,12H,4-5H2,1H3. The van der Waals surface area contributed by atoms with Gasteiger partial charge in [0.15, 0.2) is 12.0 Å². The number of alkyl halides is 4. The van der Waals surface area contributed by atoms with Gasteiger partial charge in [-0.25, -0.2) is 8.78 Å². The molecule has 0 N–H and O–H groups in total. The second kappa shape index (κ2) is 5.18. The van der Waals surface area contributed by atoms with Crippen molar-refractivity contribution in [1.82, 2.24) is 4.57 Å². The summed E-state index contributed by atoms with van der Waals surface area (Å²) in [7, 11) is 0. The summed E-state index contributed by atoms with van der Waals surface area (Å²) in [6.07, 6.45) is -6.05. The number of ketones is 1. The number of halogens is 5. The Labute approximate surface area is 128 Å². The summed E-state index contributed by atoms with van der Waals surface area (Å²) in [5.74, 6) is -1.62. The molecule has 3 rings (SSSR count). The second-order valence-electron chi connectivity index (χ2n) is 5.54. The van der Waals surface area contributed by atoms with Crippen molar-refractivity contribution >= 4 is 5.78 Å². The van der Waals surface area contributed by atoms with Gasteiger partial charge in [0.25, 0.3) is 0 Å². The Bertz CT molecular complexity index is 790. The van der Waals surface area contributed by atoms with E-state index in [-0.39, 0.29) is 24.1 Å². The Morgan fingerprint density at radius 1 is 1.26 bits per heavy atom. The first-order valence-corrected chi connectivity index (χ1v) is 6.96. The molecule has 23 heavy (non-hydrogen) atoms. The van der Waals surface area contributed by atoms with Crippen molar-refractivity contribution in [2.75, 3.05) is 0 Å². The molecule has 0 spiro atoms. The van der Waals surface area contributed by atoms with Gasteiger partial charge in [0.05, 0.1) is 11.1 Å². The molecule has 2 aromatic rings. The molecule has 1 unspecified atom stereocenters. The van der Waals surface area contributed by atoms with Crippen LogP contribution in [-0.4, -0.2) is 16.5 Å². The zero-order valence-corrected chi connectivity index (χ0v) is 12.0. The van der Waals surface area contributed by atoms with Gasteiger partial charge >= 0.3 is 6.18 Å². The molecule has 2 nitrogen and oxygen atoms in total. The fraction of sp³-hybridized carbons (Fsp3) is 0.312. The molecule has 0 saturated carbocycles. The van der Waals surface area contributed by atoms with Crippen molar-refractivity contribution in [3.8, 4) is 5.69 Å². The molecule has 0 bridgehead atoms. The average molecular weight is 329 g/mol. The van der Waals surface area contributed by atoms with Gasteiger partial charge in [-0.05, 0) is 43.5 Å². The van der Waals surface area contributed by atoms with Crippen molar-refractivity contribution < 1.29 is 26.7 Å². The lowest BCUT2D eigenvalue weighted by atomic mass is 9.92. The van der Waals surface area contributed by atoms with Crippen molar-refractivity contribution in [2.45, 2.75) is 32.1 Å². The van der Waals surface area contributed by atoms with E-state index >= 15 is 0 Å². The number of hydrogen-bond acceptors (Lipinski definition) is 1. The lowest BCUT2D eigenvalue weighted by Crippen LogP contribution is -2.26. The summed E-state index contributed by atoms with van der Waals surface area (Å²) in [4.78, 5) is 11.9. The zero-order chi connectivity index (χ0) is 16.9. The number of carbonyl (C=O) groups excluding carboxylic acids is 1. The Morgan fingerprint density at radius 3 is 2.57 bits per heavy atom. The highest BCUT2D eigenvalue weighted by atomic mass is 19.4. The highest BCUT2D eigenvalue weighted by molar-refractivity contribution is 6.03. The largest absolute Gasteiger partial charge is 0.418 e. The van der Waals surface area contributed by atoms with Gasteiger partial charge in [0.2, 0.25) is 0 Å². The Kier molecular flexibility index (Phi) is 3.54. The van der Waals surface area contributed by atoms with E-state index in [0.717, 1.165) is 12.3 Å². The van der Waals surface area contributed by atoms with E-state index in [0.29, 0.717) is 5.69 Å². The number of aromatic nitrogens is 1. The first-order valence-electron chi connectivity index (χ1n) is 6.96. The number of Topliss-reactive ketones (excluding diaryl/α,β-unsaturated/α-hetero) is 1. The molecule has 1 aliphatic rings. The second-order valence-corrected chi connectivity index (χ2v) is 5.54. The first kappa shape index (κ1) is 15.7. The SMILES string of the molecule is Cc1cc(-n2cc(C(F)(F)F)c3c2CCC(F)C3=O)ccc1F. The van der Waals surface area contributed by atoms with Crippen LogP contribution in [0.3, 0.4) is 0 Å². The number of hydrogen-bond donors (Lipinski definition) is 0. The van der Waals surface area contributed by atoms with Crippen LogP contribution >= 0.6 is 0 Å². The third-order valence-electron chi connectivity index (χ3n) is 4.00. The number of benzene rings is 1. The molecule has 0 saturated heterocycles. The maximum atomic E-state index is 13.6. The highest BCUT2D eigenvalue weighted by Crippen LogP contribution is 2.39. The highest BCUT2D eigenvalue weighted by Gasteiger charge is 2.42. The van der Waals surface area contributed by atoms with Crippen LogP contribution in [-0.2, 0) is 12.6 Å². The molecule has 1 aromatic carbocycles. The Balaban J connectivity index is 2.25. The summed E-state index contributed by atoms with van der Waals surface area (Å²) < 4.78 is 67.8. The molecule has 1 heterocycles. The molecule has 7 heteroatoms. The fourth-order valence-corrected chi connectivity index (χ4v) is 2.84. The van der Waals surface area contributed by atoms with Gasteiger partial charge in [-0.1, -0.05) is 0 Å². The summed E-state index contributed by atoms with van der Waals surface area (Å²) in [5, 5.41) is 0. The zero-order valence-electron chi connectivity index (χ0n) is 12.0. The van der Waals surface area contributed by atoms with Crippen LogP contribution in [0.25, 0.3) is 5.69 Å². The van der Waals surface area contributed by atoms with Gasteiger partial charge in [-0.3, -0.25) is 4.79 Å². The number of carbonyl (C=O) groups is 1. The first-order chi connectivity index (χ1) is 10.7. The van der Waals surface area contributed by atoms with Gasteiger partial charge in [-0.15, -0.1) is 0 Å². The van der Waals surface area contributed by atoms with E-state index in [9.17, 15) is 26.7 Å².